The average Bonchev–Trinajstić information content (AvgIpc) is 2.90. The molecular weight excluding hydrogens is 266 g/mol. The number of rotatable bonds is 3. The summed E-state index contributed by atoms with van der Waals surface area (Å²) in [7, 11) is 0. The van der Waals surface area contributed by atoms with Crippen molar-refractivity contribution in [2.45, 2.75) is 63.1 Å². The molecule has 2 fully saturated rings. The van der Waals surface area contributed by atoms with Crippen molar-refractivity contribution >= 4 is 0 Å². The molecule has 1 aliphatic heterocycles. The van der Waals surface area contributed by atoms with Gasteiger partial charge in [-0.25, -0.2) is 4.68 Å². The lowest BCUT2D eigenvalue weighted by Gasteiger charge is -2.32. The highest BCUT2D eigenvalue weighted by Crippen LogP contribution is 2.25. The lowest BCUT2D eigenvalue weighted by molar-refractivity contribution is 0.178. The Hall–Kier alpha value is -1.20. The number of nitrogens with one attached hydrogen (secondary N) is 1. The first-order valence-corrected chi connectivity index (χ1v) is 8.27. The molecule has 0 amide bonds. The summed E-state index contributed by atoms with van der Waals surface area (Å²) in [5.74, 6) is 0. The van der Waals surface area contributed by atoms with E-state index in [1.165, 1.54) is 32.1 Å². The summed E-state index contributed by atoms with van der Waals surface area (Å²) in [6, 6.07) is 2.68. The summed E-state index contributed by atoms with van der Waals surface area (Å²) >= 11 is 0. The van der Waals surface area contributed by atoms with Gasteiger partial charge in [0.2, 0.25) is 0 Å². The molecule has 0 radical (unpaired) electrons. The molecule has 2 aliphatic carbocycles. The minimum absolute atomic E-state index is 0.0339. The summed E-state index contributed by atoms with van der Waals surface area (Å²) in [6.07, 6.45) is 8.17. The van der Waals surface area contributed by atoms with Crippen molar-refractivity contribution in [2.75, 3.05) is 13.2 Å². The molecule has 2 atom stereocenters. The second kappa shape index (κ2) is 5.54. The second-order valence-electron chi connectivity index (χ2n) is 6.61. The minimum atomic E-state index is 0.0339. The molecule has 2 heterocycles. The van der Waals surface area contributed by atoms with E-state index >= 15 is 0 Å². The van der Waals surface area contributed by atoms with Crippen LogP contribution in [0.5, 0.6) is 0 Å². The number of hydrogen-bond acceptors (Lipinski definition) is 4. The van der Waals surface area contributed by atoms with Crippen molar-refractivity contribution in [3.63, 3.8) is 0 Å². The van der Waals surface area contributed by atoms with Crippen LogP contribution in [0.4, 0.5) is 0 Å². The molecule has 0 bridgehead atoms. The molecule has 0 spiro atoms. The molecule has 0 aromatic carbocycles. The smallest absolute Gasteiger partial charge is 0.267 e. The first-order chi connectivity index (χ1) is 10.3. The lowest BCUT2D eigenvalue weighted by Crippen LogP contribution is -2.48. The Morgan fingerprint density at radius 3 is 2.86 bits per heavy atom. The molecule has 5 heteroatoms. The van der Waals surface area contributed by atoms with Gasteiger partial charge in [0, 0.05) is 12.1 Å². The van der Waals surface area contributed by atoms with Crippen LogP contribution in [-0.4, -0.2) is 35.1 Å². The van der Waals surface area contributed by atoms with E-state index in [0.29, 0.717) is 19.3 Å². The molecule has 1 N–H and O–H groups in total. The van der Waals surface area contributed by atoms with E-state index in [1.54, 1.807) is 10.7 Å². The van der Waals surface area contributed by atoms with E-state index in [2.05, 4.69) is 10.4 Å². The Labute approximate surface area is 124 Å². The van der Waals surface area contributed by atoms with Gasteiger partial charge >= 0.3 is 0 Å². The van der Waals surface area contributed by atoms with Gasteiger partial charge in [0.05, 0.1) is 31.0 Å². The van der Waals surface area contributed by atoms with Gasteiger partial charge in [-0.1, -0.05) is 6.42 Å². The number of fused-ring (bicyclic) bond motifs is 1. The van der Waals surface area contributed by atoms with Crippen LogP contribution >= 0.6 is 0 Å². The van der Waals surface area contributed by atoms with Crippen molar-refractivity contribution in [2.24, 2.45) is 0 Å². The molecule has 4 rings (SSSR count). The monoisotopic (exact) mass is 289 g/mol. The SMILES string of the molecule is O=c1cc2c(nn1C1COCC1NC1CCC1)CCCC2. The molecule has 1 saturated heterocycles. The third kappa shape index (κ3) is 2.53. The Morgan fingerprint density at radius 1 is 1.19 bits per heavy atom. The topological polar surface area (TPSA) is 56.2 Å². The molecule has 114 valence electrons. The normalized spacial score (nSPS) is 29.1. The predicted octanol–water partition coefficient (Wildman–Crippen LogP) is 1.20. The zero-order valence-electron chi connectivity index (χ0n) is 12.4. The fourth-order valence-corrected chi connectivity index (χ4v) is 3.64. The van der Waals surface area contributed by atoms with E-state index in [-0.39, 0.29) is 17.6 Å². The number of ether oxygens (including phenoxy) is 1. The van der Waals surface area contributed by atoms with Crippen LogP contribution in [0.1, 0.15) is 49.4 Å². The largest absolute Gasteiger partial charge is 0.377 e. The maximum Gasteiger partial charge on any atom is 0.267 e. The van der Waals surface area contributed by atoms with Gasteiger partial charge < -0.3 is 10.1 Å². The van der Waals surface area contributed by atoms with Gasteiger partial charge in [-0.05, 0) is 44.1 Å². The number of aryl methyl sites for hydroxylation is 2. The molecule has 1 aromatic rings. The number of nitrogens with zero attached hydrogens (tertiary/aromatic N) is 2. The Kier molecular flexibility index (Phi) is 3.55. The number of aromatic nitrogens is 2. The van der Waals surface area contributed by atoms with Crippen LogP contribution in [0.25, 0.3) is 0 Å². The third-order valence-corrected chi connectivity index (χ3v) is 5.15. The van der Waals surface area contributed by atoms with Crippen molar-refractivity contribution in [1.82, 2.24) is 15.1 Å². The molecule has 5 nitrogen and oxygen atoms in total. The third-order valence-electron chi connectivity index (χ3n) is 5.15. The van der Waals surface area contributed by atoms with Gasteiger partial charge in [-0.2, -0.15) is 5.10 Å². The summed E-state index contributed by atoms with van der Waals surface area (Å²) in [6.45, 7) is 1.28. The molecule has 1 aromatic heterocycles. The van der Waals surface area contributed by atoms with Crippen molar-refractivity contribution < 1.29 is 4.74 Å². The number of hydrogen-bond donors (Lipinski definition) is 1. The summed E-state index contributed by atoms with van der Waals surface area (Å²) < 4.78 is 7.32. The van der Waals surface area contributed by atoms with Gasteiger partial charge in [-0.3, -0.25) is 4.79 Å². The highest BCUT2D eigenvalue weighted by molar-refractivity contribution is 5.20. The van der Waals surface area contributed by atoms with E-state index < -0.39 is 0 Å². The van der Waals surface area contributed by atoms with E-state index in [1.807, 2.05) is 0 Å². The van der Waals surface area contributed by atoms with Crippen LogP contribution < -0.4 is 10.9 Å². The maximum atomic E-state index is 12.4. The standard InChI is InChI=1S/C16H23N3O2/c20-16-8-11-4-1-2-7-13(11)18-19(16)15-10-21-9-14(15)17-12-5-3-6-12/h8,12,14-15,17H,1-7,9-10H2. The van der Waals surface area contributed by atoms with Crippen LogP contribution in [0.15, 0.2) is 10.9 Å². The van der Waals surface area contributed by atoms with E-state index in [9.17, 15) is 4.79 Å². The highest BCUT2D eigenvalue weighted by Gasteiger charge is 2.34. The van der Waals surface area contributed by atoms with Crippen LogP contribution in [0, 0.1) is 0 Å². The fraction of sp³-hybridized carbons (Fsp3) is 0.750. The van der Waals surface area contributed by atoms with Gasteiger partial charge in [-0.15, -0.1) is 0 Å². The Morgan fingerprint density at radius 2 is 2.05 bits per heavy atom. The van der Waals surface area contributed by atoms with Gasteiger partial charge in [0.1, 0.15) is 0 Å². The first kappa shape index (κ1) is 13.5. The van der Waals surface area contributed by atoms with E-state index in [4.69, 9.17) is 4.74 Å². The summed E-state index contributed by atoms with van der Waals surface area (Å²) in [5.41, 5.74) is 2.31. The second-order valence-corrected chi connectivity index (χ2v) is 6.61. The highest BCUT2D eigenvalue weighted by atomic mass is 16.5. The van der Waals surface area contributed by atoms with Crippen molar-refractivity contribution in [1.29, 1.82) is 0 Å². The van der Waals surface area contributed by atoms with Gasteiger partial charge in [0.15, 0.2) is 0 Å². The van der Waals surface area contributed by atoms with Gasteiger partial charge in [0.25, 0.3) is 5.56 Å². The quantitative estimate of drug-likeness (QED) is 0.908. The van der Waals surface area contributed by atoms with Crippen molar-refractivity contribution in [3.8, 4) is 0 Å². The Bertz CT molecular complexity index is 579. The Balaban J connectivity index is 1.60. The summed E-state index contributed by atoms with van der Waals surface area (Å²) in [4.78, 5) is 12.4. The van der Waals surface area contributed by atoms with Crippen LogP contribution in [0.3, 0.4) is 0 Å². The van der Waals surface area contributed by atoms with Crippen LogP contribution in [0.2, 0.25) is 0 Å². The van der Waals surface area contributed by atoms with Crippen molar-refractivity contribution in [3.05, 3.63) is 27.7 Å². The predicted molar refractivity (Wildman–Crippen MR) is 79.6 cm³/mol. The molecule has 21 heavy (non-hydrogen) atoms. The lowest BCUT2D eigenvalue weighted by atomic mass is 9.92. The molecular formula is C16H23N3O2. The van der Waals surface area contributed by atoms with Crippen LogP contribution in [-0.2, 0) is 17.6 Å². The fourth-order valence-electron chi connectivity index (χ4n) is 3.64. The molecule has 1 saturated carbocycles. The minimum Gasteiger partial charge on any atom is -0.377 e. The zero-order chi connectivity index (χ0) is 14.2. The summed E-state index contributed by atoms with van der Waals surface area (Å²) in [5, 5.41) is 8.33. The molecule has 3 aliphatic rings. The molecule has 2 unspecified atom stereocenters. The average molecular weight is 289 g/mol. The first-order valence-electron chi connectivity index (χ1n) is 8.27. The zero-order valence-corrected chi connectivity index (χ0v) is 12.4. The van der Waals surface area contributed by atoms with E-state index in [0.717, 1.165) is 24.1 Å². The maximum absolute atomic E-state index is 12.4.